The summed E-state index contributed by atoms with van der Waals surface area (Å²) in [5, 5.41) is 6.98. The molecular weight excluding hydrogens is 266 g/mol. The van der Waals surface area contributed by atoms with E-state index in [-0.39, 0.29) is 24.2 Å². The van der Waals surface area contributed by atoms with E-state index in [1.807, 2.05) is 13.8 Å². The molecule has 2 heterocycles. The number of anilines is 1. The Bertz CT molecular complexity index is 693. The maximum absolute atomic E-state index is 12.4. The lowest BCUT2D eigenvalue weighted by Gasteiger charge is -2.11. The van der Waals surface area contributed by atoms with E-state index in [1.54, 1.807) is 35.3 Å². The zero-order valence-electron chi connectivity index (χ0n) is 12.0. The minimum atomic E-state index is -0.320. The minimum absolute atomic E-state index is 0.149. The van der Waals surface area contributed by atoms with Crippen LogP contribution in [0.1, 0.15) is 35.9 Å². The van der Waals surface area contributed by atoms with E-state index < -0.39 is 0 Å². The number of rotatable bonds is 3. The molecule has 6 nitrogen and oxygen atoms in total. The molecule has 1 amide bonds. The van der Waals surface area contributed by atoms with Gasteiger partial charge in [-0.1, -0.05) is 11.8 Å². The third-order valence-corrected chi connectivity index (χ3v) is 2.75. The Kier molecular flexibility index (Phi) is 4.69. The predicted octanol–water partition coefficient (Wildman–Crippen LogP) is 1.42. The number of carbonyl (C=O) groups is 1. The Hall–Kier alpha value is -2.65. The summed E-state index contributed by atoms with van der Waals surface area (Å²) in [4.78, 5) is 16.5. The highest BCUT2D eigenvalue weighted by molar-refractivity contribution is 6.04. The van der Waals surface area contributed by atoms with Crippen LogP contribution >= 0.6 is 0 Å². The van der Waals surface area contributed by atoms with Crippen molar-refractivity contribution < 1.29 is 4.79 Å². The zero-order valence-corrected chi connectivity index (χ0v) is 12.0. The molecule has 2 rings (SSSR count). The third-order valence-electron chi connectivity index (χ3n) is 2.75. The molecular formula is C15H17N5O. The van der Waals surface area contributed by atoms with Gasteiger partial charge in [0.25, 0.3) is 5.91 Å². The van der Waals surface area contributed by atoms with Crippen molar-refractivity contribution in [3.63, 3.8) is 0 Å². The second-order valence-corrected chi connectivity index (χ2v) is 4.61. The van der Waals surface area contributed by atoms with Crippen molar-refractivity contribution in [2.24, 2.45) is 5.73 Å². The Balaban J connectivity index is 2.27. The van der Waals surface area contributed by atoms with Gasteiger partial charge in [0.05, 0.1) is 18.3 Å². The summed E-state index contributed by atoms with van der Waals surface area (Å²) in [6.45, 7) is 4.21. The Morgan fingerprint density at radius 2 is 2.24 bits per heavy atom. The molecule has 6 heteroatoms. The van der Waals surface area contributed by atoms with Gasteiger partial charge in [0.2, 0.25) is 0 Å². The van der Waals surface area contributed by atoms with Crippen LogP contribution in [0.3, 0.4) is 0 Å². The molecule has 0 unspecified atom stereocenters. The van der Waals surface area contributed by atoms with Crippen LogP contribution in [0.4, 0.5) is 5.82 Å². The van der Waals surface area contributed by atoms with E-state index in [9.17, 15) is 4.79 Å². The van der Waals surface area contributed by atoms with Crippen LogP contribution in [0.25, 0.3) is 0 Å². The van der Waals surface area contributed by atoms with Crippen LogP contribution in [0, 0.1) is 11.8 Å². The summed E-state index contributed by atoms with van der Waals surface area (Å²) in [6, 6.07) is 5.36. The van der Waals surface area contributed by atoms with Gasteiger partial charge in [-0.25, -0.2) is 9.67 Å². The van der Waals surface area contributed by atoms with Crippen LogP contribution in [-0.4, -0.2) is 27.2 Å². The number of hydrogen-bond donors (Lipinski definition) is 2. The Labute approximate surface area is 123 Å². The minimum Gasteiger partial charge on any atom is -0.320 e. The van der Waals surface area contributed by atoms with E-state index in [2.05, 4.69) is 27.2 Å². The van der Waals surface area contributed by atoms with E-state index in [0.29, 0.717) is 11.4 Å². The lowest BCUT2D eigenvalue weighted by atomic mass is 10.2. The molecule has 0 saturated heterocycles. The number of carbonyl (C=O) groups excluding carboxylic acids is 1. The first-order valence-corrected chi connectivity index (χ1v) is 6.62. The summed E-state index contributed by atoms with van der Waals surface area (Å²) >= 11 is 0. The molecule has 0 aliphatic heterocycles. The largest absolute Gasteiger partial charge is 0.320 e. The first kappa shape index (κ1) is 14.8. The molecule has 108 valence electrons. The van der Waals surface area contributed by atoms with E-state index >= 15 is 0 Å². The molecule has 0 aliphatic rings. The average molecular weight is 283 g/mol. The van der Waals surface area contributed by atoms with Crippen molar-refractivity contribution in [3.05, 3.63) is 41.9 Å². The van der Waals surface area contributed by atoms with Crippen molar-refractivity contribution in [2.75, 3.05) is 11.9 Å². The van der Waals surface area contributed by atoms with E-state index in [1.165, 1.54) is 0 Å². The highest BCUT2D eigenvalue weighted by Crippen LogP contribution is 2.14. The van der Waals surface area contributed by atoms with Crippen LogP contribution in [0.5, 0.6) is 0 Å². The Morgan fingerprint density at radius 1 is 1.43 bits per heavy atom. The number of pyridine rings is 1. The molecule has 0 atom stereocenters. The fourth-order valence-corrected chi connectivity index (χ4v) is 1.83. The third kappa shape index (κ3) is 3.46. The molecule has 0 bridgehead atoms. The monoisotopic (exact) mass is 283 g/mol. The summed E-state index contributed by atoms with van der Waals surface area (Å²) in [5.74, 6) is 5.88. The molecule has 0 radical (unpaired) electrons. The lowest BCUT2D eigenvalue weighted by Crippen LogP contribution is -2.19. The van der Waals surface area contributed by atoms with Crippen molar-refractivity contribution in [1.82, 2.24) is 14.8 Å². The summed E-state index contributed by atoms with van der Waals surface area (Å²) < 4.78 is 1.73. The number of hydrogen-bond acceptors (Lipinski definition) is 4. The zero-order chi connectivity index (χ0) is 15.2. The van der Waals surface area contributed by atoms with Crippen molar-refractivity contribution in [1.29, 1.82) is 0 Å². The average Bonchev–Trinajstić information content (AvgIpc) is 2.93. The number of amides is 1. The van der Waals surface area contributed by atoms with Crippen LogP contribution in [0.2, 0.25) is 0 Å². The molecule has 21 heavy (non-hydrogen) atoms. The molecule has 2 aromatic heterocycles. The second-order valence-electron chi connectivity index (χ2n) is 4.61. The predicted molar refractivity (Wildman–Crippen MR) is 80.7 cm³/mol. The van der Waals surface area contributed by atoms with Crippen molar-refractivity contribution in [2.45, 2.75) is 19.9 Å². The highest BCUT2D eigenvalue weighted by atomic mass is 16.2. The van der Waals surface area contributed by atoms with Gasteiger partial charge >= 0.3 is 0 Å². The second kappa shape index (κ2) is 6.68. The number of nitrogens with zero attached hydrogens (tertiary/aromatic N) is 3. The van der Waals surface area contributed by atoms with Gasteiger partial charge in [-0.2, -0.15) is 5.10 Å². The fraction of sp³-hybridized carbons (Fsp3) is 0.267. The lowest BCUT2D eigenvalue weighted by molar-refractivity contribution is 0.102. The maximum Gasteiger partial charge on any atom is 0.276 e. The maximum atomic E-state index is 12.4. The molecule has 0 spiro atoms. The van der Waals surface area contributed by atoms with Crippen molar-refractivity contribution >= 4 is 11.7 Å². The van der Waals surface area contributed by atoms with Crippen LogP contribution in [-0.2, 0) is 0 Å². The summed E-state index contributed by atoms with van der Waals surface area (Å²) in [6.07, 6.45) is 3.20. The van der Waals surface area contributed by atoms with Gasteiger partial charge in [0, 0.05) is 18.3 Å². The van der Waals surface area contributed by atoms with Gasteiger partial charge < -0.3 is 11.1 Å². The molecule has 0 aliphatic carbocycles. The number of nitrogens with one attached hydrogen (secondary N) is 1. The quantitative estimate of drug-likeness (QED) is 0.834. The molecule has 3 N–H and O–H groups in total. The number of nitrogens with two attached hydrogens (primary N) is 1. The fourth-order valence-electron chi connectivity index (χ4n) is 1.83. The highest BCUT2D eigenvalue weighted by Gasteiger charge is 2.14. The summed E-state index contributed by atoms with van der Waals surface area (Å²) in [7, 11) is 0. The standard InChI is InChI=1S/C15H17N5O/c1-11(2)20-13(7-10-18-20)19-15(21)14-12(5-3-8-16)6-4-9-17-14/h4,6-7,9-11H,8,16H2,1-2H3,(H,19,21). The van der Waals surface area contributed by atoms with Gasteiger partial charge in [0.1, 0.15) is 11.5 Å². The van der Waals surface area contributed by atoms with E-state index in [0.717, 1.165) is 0 Å². The summed E-state index contributed by atoms with van der Waals surface area (Å²) in [5.41, 5.74) is 6.18. The SMILES string of the molecule is CC(C)n1nccc1NC(=O)c1ncccc1C#CCN. The first-order chi connectivity index (χ1) is 10.1. The van der Waals surface area contributed by atoms with Crippen LogP contribution in [0.15, 0.2) is 30.6 Å². The number of aromatic nitrogens is 3. The molecule has 0 fully saturated rings. The van der Waals surface area contributed by atoms with Gasteiger partial charge in [-0.15, -0.1) is 0 Å². The first-order valence-electron chi connectivity index (χ1n) is 6.62. The molecule has 2 aromatic rings. The van der Waals surface area contributed by atoms with Gasteiger partial charge in [-0.3, -0.25) is 4.79 Å². The molecule has 0 saturated carbocycles. The molecule has 0 aromatic carbocycles. The van der Waals surface area contributed by atoms with Gasteiger partial charge in [0.15, 0.2) is 0 Å². The topological polar surface area (TPSA) is 85.8 Å². The smallest absolute Gasteiger partial charge is 0.276 e. The van der Waals surface area contributed by atoms with Crippen LogP contribution < -0.4 is 11.1 Å². The van der Waals surface area contributed by atoms with Crippen molar-refractivity contribution in [3.8, 4) is 11.8 Å². The van der Waals surface area contributed by atoms with Gasteiger partial charge in [-0.05, 0) is 26.0 Å². The normalized spacial score (nSPS) is 10.1. The Morgan fingerprint density at radius 3 is 2.95 bits per heavy atom. The van der Waals surface area contributed by atoms with E-state index in [4.69, 9.17) is 5.73 Å².